The van der Waals surface area contributed by atoms with Gasteiger partial charge in [-0.05, 0) is 24.3 Å². The Hall–Kier alpha value is -2.18. The van der Waals surface area contributed by atoms with Crippen molar-refractivity contribution in [2.45, 2.75) is 9.79 Å². The SMILES string of the molecule is CN(C)NC(=O)Nc1cccc2c1Sc1ccccc1O2. The third kappa shape index (κ3) is 2.96. The molecular weight excluding hydrogens is 286 g/mol. The molecule has 1 aliphatic heterocycles. The maximum Gasteiger partial charge on any atom is 0.333 e. The van der Waals surface area contributed by atoms with Crippen molar-refractivity contribution in [1.82, 2.24) is 10.4 Å². The molecule has 3 rings (SSSR count). The highest BCUT2D eigenvalue weighted by molar-refractivity contribution is 7.99. The van der Waals surface area contributed by atoms with Gasteiger partial charge >= 0.3 is 6.03 Å². The van der Waals surface area contributed by atoms with E-state index >= 15 is 0 Å². The second-order valence-electron chi connectivity index (χ2n) is 4.74. The molecule has 5 nitrogen and oxygen atoms in total. The third-order valence-corrected chi connectivity index (χ3v) is 4.02. The van der Waals surface area contributed by atoms with Crippen LogP contribution in [0, 0.1) is 0 Å². The number of nitrogens with one attached hydrogen (secondary N) is 2. The fraction of sp³-hybridized carbons (Fsp3) is 0.133. The molecule has 0 aromatic heterocycles. The summed E-state index contributed by atoms with van der Waals surface area (Å²) < 4.78 is 5.88. The maximum absolute atomic E-state index is 11.8. The lowest BCUT2D eigenvalue weighted by Crippen LogP contribution is -2.39. The van der Waals surface area contributed by atoms with Crippen LogP contribution in [0.4, 0.5) is 10.5 Å². The summed E-state index contributed by atoms with van der Waals surface area (Å²) in [5, 5.41) is 4.43. The molecule has 0 saturated heterocycles. The van der Waals surface area contributed by atoms with Gasteiger partial charge in [-0.25, -0.2) is 9.80 Å². The van der Waals surface area contributed by atoms with E-state index in [0.29, 0.717) is 0 Å². The lowest BCUT2D eigenvalue weighted by molar-refractivity contribution is 0.224. The Bertz CT molecular complexity index is 688. The number of rotatable bonds is 2. The van der Waals surface area contributed by atoms with Gasteiger partial charge in [0.15, 0.2) is 0 Å². The number of nitrogens with zero attached hydrogens (tertiary/aromatic N) is 1. The van der Waals surface area contributed by atoms with E-state index in [9.17, 15) is 4.79 Å². The fourth-order valence-electron chi connectivity index (χ4n) is 2.00. The predicted molar refractivity (Wildman–Crippen MR) is 82.9 cm³/mol. The molecule has 0 spiro atoms. The number of amides is 2. The largest absolute Gasteiger partial charge is 0.455 e. The molecule has 0 radical (unpaired) electrons. The monoisotopic (exact) mass is 301 g/mol. The zero-order valence-corrected chi connectivity index (χ0v) is 12.5. The van der Waals surface area contributed by atoms with Gasteiger partial charge < -0.3 is 10.1 Å². The number of benzene rings is 2. The van der Waals surface area contributed by atoms with Crippen LogP contribution in [0.1, 0.15) is 0 Å². The van der Waals surface area contributed by atoms with Crippen molar-refractivity contribution < 1.29 is 9.53 Å². The van der Waals surface area contributed by atoms with Gasteiger partial charge in [0.1, 0.15) is 11.5 Å². The summed E-state index contributed by atoms with van der Waals surface area (Å²) in [6.07, 6.45) is 0. The van der Waals surface area contributed by atoms with Crippen molar-refractivity contribution in [3.05, 3.63) is 42.5 Å². The smallest absolute Gasteiger partial charge is 0.333 e. The summed E-state index contributed by atoms with van der Waals surface area (Å²) in [7, 11) is 3.52. The number of ether oxygens (including phenoxy) is 1. The number of carbonyl (C=O) groups excluding carboxylic acids is 1. The van der Waals surface area contributed by atoms with Gasteiger partial charge in [0.2, 0.25) is 0 Å². The zero-order valence-electron chi connectivity index (χ0n) is 11.7. The van der Waals surface area contributed by atoms with E-state index in [4.69, 9.17) is 4.74 Å². The Kier molecular flexibility index (Phi) is 3.72. The van der Waals surface area contributed by atoms with Crippen molar-refractivity contribution >= 4 is 23.5 Å². The van der Waals surface area contributed by atoms with Crippen molar-refractivity contribution in [2.24, 2.45) is 0 Å². The molecule has 0 bridgehead atoms. The molecule has 1 aliphatic rings. The normalized spacial score (nSPS) is 12.1. The third-order valence-electron chi connectivity index (χ3n) is 2.83. The molecule has 6 heteroatoms. The van der Waals surface area contributed by atoms with Crippen LogP contribution in [0.15, 0.2) is 52.3 Å². The summed E-state index contributed by atoms with van der Waals surface area (Å²) in [4.78, 5) is 13.8. The van der Waals surface area contributed by atoms with Crippen LogP contribution in [0.25, 0.3) is 0 Å². The summed E-state index contributed by atoms with van der Waals surface area (Å²) in [5.74, 6) is 1.59. The Balaban J connectivity index is 1.88. The van der Waals surface area contributed by atoms with Crippen molar-refractivity contribution in [3.63, 3.8) is 0 Å². The standard InChI is InChI=1S/C15H15N3O2S/c1-18(2)17-15(19)16-10-6-5-8-12-14(10)21-13-9-4-3-7-11(13)20-12/h3-9H,1-2H3,(H2,16,17,19). The molecule has 0 fully saturated rings. The molecule has 0 aliphatic carbocycles. The van der Waals surface area contributed by atoms with Gasteiger partial charge in [0.05, 0.1) is 15.5 Å². The Morgan fingerprint density at radius 3 is 2.67 bits per heavy atom. The van der Waals surface area contributed by atoms with E-state index < -0.39 is 0 Å². The van der Waals surface area contributed by atoms with Crippen LogP contribution in [0.3, 0.4) is 0 Å². The first-order chi connectivity index (χ1) is 10.1. The maximum atomic E-state index is 11.8. The first kappa shape index (κ1) is 13.8. The van der Waals surface area contributed by atoms with E-state index in [0.717, 1.165) is 27.0 Å². The molecule has 108 valence electrons. The molecule has 0 saturated carbocycles. The van der Waals surface area contributed by atoms with Crippen LogP contribution in [-0.4, -0.2) is 25.1 Å². The Morgan fingerprint density at radius 2 is 1.86 bits per heavy atom. The number of hydrazine groups is 1. The highest BCUT2D eigenvalue weighted by atomic mass is 32.2. The van der Waals surface area contributed by atoms with Gasteiger partial charge in [-0.15, -0.1) is 0 Å². The summed E-state index contributed by atoms with van der Waals surface area (Å²) in [5.41, 5.74) is 3.38. The highest BCUT2D eigenvalue weighted by Crippen LogP contribution is 2.49. The molecule has 2 N–H and O–H groups in total. The summed E-state index contributed by atoms with van der Waals surface area (Å²) in [6, 6.07) is 13.2. The predicted octanol–water partition coefficient (Wildman–Crippen LogP) is 3.54. The van der Waals surface area contributed by atoms with E-state index in [1.165, 1.54) is 0 Å². The lowest BCUT2D eigenvalue weighted by atomic mass is 10.3. The minimum absolute atomic E-state index is 0.284. The summed E-state index contributed by atoms with van der Waals surface area (Å²) >= 11 is 1.59. The van der Waals surface area contributed by atoms with Crippen molar-refractivity contribution in [1.29, 1.82) is 0 Å². The average Bonchev–Trinajstić information content (AvgIpc) is 2.45. The van der Waals surface area contributed by atoms with Crippen LogP contribution < -0.4 is 15.5 Å². The van der Waals surface area contributed by atoms with Crippen LogP contribution in [0.5, 0.6) is 11.5 Å². The Morgan fingerprint density at radius 1 is 1.10 bits per heavy atom. The van der Waals surface area contributed by atoms with Gasteiger partial charge in [-0.2, -0.15) is 0 Å². The Labute approximate surface area is 127 Å². The van der Waals surface area contributed by atoms with Gasteiger partial charge in [-0.3, -0.25) is 5.43 Å². The van der Waals surface area contributed by atoms with E-state index in [2.05, 4.69) is 10.7 Å². The number of para-hydroxylation sites is 1. The van der Waals surface area contributed by atoms with Crippen LogP contribution >= 0.6 is 11.8 Å². The quantitative estimate of drug-likeness (QED) is 0.711. The number of anilines is 1. The van der Waals surface area contributed by atoms with Crippen LogP contribution in [0.2, 0.25) is 0 Å². The molecule has 1 heterocycles. The molecular formula is C15H15N3O2S. The number of hydrogen-bond acceptors (Lipinski definition) is 4. The second-order valence-corrected chi connectivity index (χ2v) is 5.80. The average molecular weight is 301 g/mol. The first-order valence-electron chi connectivity index (χ1n) is 6.46. The topological polar surface area (TPSA) is 53.6 Å². The molecule has 21 heavy (non-hydrogen) atoms. The second kappa shape index (κ2) is 5.67. The van der Waals surface area contributed by atoms with Gasteiger partial charge in [0, 0.05) is 14.1 Å². The van der Waals surface area contributed by atoms with Gasteiger partial charge in [-0.1, -0.05) is 30.0 Å². The van der Waals surface area contributed by atoms with Crippen molar-refractivity contribution in [2.75, 3.05) is 19.4 Å². The minimum Gasteiger partial charge on any atom is -0.455 e. The number of fused-ring (bicyclic) bond motifs is 2. The molecule has 2 amide bonds. The fourth-order valence-corrected chi connectivity index (χ4v) is 3.02. The molecule has 0 unspecified atom stereocenters. The van der Waals surface area contributed by atoms with E-state index in [1.807, 2.05) is 42.5 Å². The molecule has 2 aromatic rings. The van der Waals surface area contributed by atoms with Crippen LogP contribution in [-0.2, 0) is 0 Å². The lowest BCUT2D eigenvalue weighted by Gasteiger charge is -2.22. The highest BCUT2D eigenvalue weighted by Gasteiger charge is 2.21. The van der Waals surface area contributed by atoms with Gasteiger partial charge in [0.25, 0.3) is 0 Å². The minimum atomic E-state index is -0.284. The molecule has 2 aromatic carbocycles. The van der Waals surface area contributed by atoms with E-state index in [1.54, 1.807) is 30.9 Å². The number of urea groups is 1. The van der Waals surface area contributed by atoms with E-state index in [-0.39, 0.29) is 6.03 Å². The zero-order chi connectivity index (χ0) is 14.8. The van der Waals surface area contributed by atoms with Crippen molar-refractivity contribution in [3.8, 4) is 11.5 Å². The summed E-state index contributed by atoms with van der Waals surface area (Å²) in [6.45, 7) is 0. The number of hydrogen-bond donors (Lipinski definition) is 2. The number of carbonyl (C=O) groups is 1. The first-order valence-corrected chi connectivity index (χ1v) is 7.28. The molecule has 0 atom stereocenters.